The van der Waals surface area contributed by atoms with Gasteiger partial charge in [-0.15, -0.1) is 0 Å². The lowest BCUT2D eigenvalue weighted by atomic mass is 10.2. The topological polar surface area (TPSA) is 41.1 Å². The molecule has 0 spiro atoms. The largest absolute Gasteiger partial charge is 0.303 e. The van der Waals surface area contributed by atoms with Gasteiger partial charge in [-0.2, -0.15) is 0 Å². The normalized spacial score (nSPS) is 18.5. The number of piperidine rings is 1. The molecule has 1 radical (unpaired) electrons. The molecule has 1 aromatic heterocycles. The smallest absolute Gasteiger partial charge is 0.199 e. The van der Waals surface area contributed by atoms with E-state index in [1.54, 1.807) is 6.20 Å². The van der Waals surface area contributed by atoms with E-state index in [2.05, 4.69) is 26.7 Å². The Hall–Kier alpha value is -1.16. The molecule has 2 rings (SSSR count). The van der Waals surface area contributed by atoms with E-state index in [1.165, 1.54) is 19.3 Å². The van der Waals surface area contributed by atoms with Gasteiger partial charge in [0.2, 0.25) is 0 Å². The molecule has 1 aromatic rings. The van der Waals surface area contributed by atoms with E-state index in [9.17, 15) is 0 Å². The Morgan fingerprint density at radius 1 is 1.31 bits per heavy atom. The number of nitrogens with one attached hydrogen (secondary N) is 1. The molecule has 0 aromatic carbocycles. The summed E-state index contributed by atoms with van der Waals surface area (Å²) >= 11 is 0. The van der Waals surface area contributed by atoms with Crippen molar-refractivity contribution >= 4 is 5.82 Å². The second kappa shape index (κ2) is 4.18. The highest BCUT2D eigenvalue weighted by Crippen LogP contribution is 2.09. The maximum absolute atomic E-state index is 3.98. The summed E-state index contributed by atoms with van der Waals surface area (Å²) < 4.78 is 0. The zero-order valence-corrected chi connectivity index (χ0v) is 7.53. The van der Waals surface area contributed by atoms with Crippen LogP contribution in [0.4, 0.5) is 5.82 Å². The van der Waals surface area contributed by atoms with Gasteiger partial charge in [0.15, 0.2) is 6.33 Å². The van der Waals surface area contributed by atoms with Crippen molar-refractivity contribution in [3.8, 4) is 0 Å². The third kappa shape index (κ3) is 2.39. The monoisotopic (exact) mass is 177 g/mol. The molecule has 1 fully saturated rings. The van der Waals surface area contributed by atoms with Gasteiger partial charge in [-0.25, -0.2) is 15.0 Å². The van der Waals surface area contributed by atoms with Crippen LogP contribution in [0.15, 0.2) is 12.3 Å². The van der Waals surface area contributed by atoms with Crippen molar-refractivity contribution in [2.24, 2.45) is 0 Å². The summed E-state index contributed by atoms with van der Waals surface area (Å²) in [5.41, 5.74) is 3.23. The highest BCUT2D eigenvalue weighted by molar-refractivity contribution is 5.29. The quantitative estimate of drug-likeness (QED) is 0.734. The maximum atomic E-state index is 3.98. The zero-order chi connectivity index (χ0) is 8.93. The first-order valence-corrected chi connectivity index (χ1v) is 4.66. The lowest BCUT2D eigenvalue weighted by Crippen LogP contribution is -2.35. The molecule has 0 amide bonds. The average Bonchev–Trinajstić information content (AvgIpc) is 2.21. The molecule has 0 unspecified atom stereocenters. The molecule has 0 atom stereocenters. The van der Waals surface area contributed by atoms with Crippen LogP contribution in [-0.4, -0.2) is 28.1 Å². The number of hydrazine groups is 1. The van der Waals surface area contributed by atoms with E-state index >= 15 is 0 Å². The number of aromatic nitrogens is 2. The van der Waals surface area contributed by atoms with Gasteiger partial charge in [0.1, 0.15) is 5.82 Å². The van der Waals surface area contributed by atoms with Crippen molar-refractivity contribution in [3.63, 3.8) is 0 Å². The van der Waals surface area contributed by atoms with Gasteiger partial charge in [-0.1, -0.05) is 6.42 Å². The summed E-state index contributed by atoms with van der Waals surface area (Å²) in [6.07, 6.45) is 8.13. The van der Waals surface area contributed by atoms with Crippen LogP contribution in [0, 0.1) is 6.33 Å². The summed E-state index contributed by atoms with van der Waals surface area (Å²) in [6, 6.07) is 1.85. The van der Waals surface area contributed by atoms with Crippen molar-refractivity contribution in [2.75, 3.05) is 18.5 Å². The summed E-state index contributed by atoms with van der Waals surface area (Å²) in [7, 11) is 0. The Morgan fingerprint density at radius 2 is 2.15 bits per heavy atom. The zero-order valence-electron chi connectivity index (χ0n) is 7.53. The Kier molecular flexibility index (Phi) is 2.72. The van der Waals surface area contributed by atoms with Crippen LogP contribution in [0.2, 0.25) is 0 Å². The fourth-order valence-electron chi connectivity index (χ4n) is 1.49. The van der Waals surface area contributed by atoms with Gasteiger partial charge >= 0.3 is 0 Å². The van der Waals surface area contributed by atoms with Crippen LogP contribution in [0.1, 0.15) is 19.3 Å². The number of anilines is 1. The SMILES string of the molecule is [c]1nccc(NN2CCCCC2)n1. The summed E-state index contributed by atoms with van der Waals surface area (Å²) in [5, 5.41) is 2.19. The third-order valence-corrected chi connectivity index (χ3v) is 2.16. The maximum Gasteiger partial charge on any atom is 0.199 e. The Morgan fingerprint density at radius 3 is 2.85 bits per heavy atom. The second-order valence-electron chi connectivity index (χ2n) is 3.20. The molecule has 0 saturated carbocycles. The second-order valence-corrected chi connectivity index (χ2v) is 3.20. The van der Waals surface area contributed by atoms with E-state index in [0.717, 1.165) is 18.9 Å². The van der Waals surface area contributed by atoms with Crippen molar-refractivity contribution in [2.45, 2.75) is 19.3 Å². The van der Waals surface area contributed by atoms with Gasteiger partial charge < -0.3 is 5.43 Å². The molecule has 2 heterocycles. The molecule has 4 heteroatoms. The highest BCUT2D eigenvalue weighted by atomic mass is 15.5. The number of hydrogen-bond acceptors (Lipinski definition) is 4. The van der Waals surface area contributed by atoms with Gasteiger partial charge in [0.25, 0.3) is 0 Å². The molecular weight excluding hydrogens is 164 g/mol. The number of hydrogen-bond donors (Lipinski definition) is 1. The van der Waals surface area contributed by atoms with Gasteiger partial charge in [-0.3, -0.25) is 0 Å². The standard InChI is InChI=1S/C9H13N4/c1-2-6-13(7-3-1)12-9-4-5-10-8-11-9/h4-5H,1-3,6-7H2,(H,10,11,12). The highest BCUT2D eigenvalue weighted by Gasteiger charge is 2.09. The summed E-state index contributed by atoms with van der Waals surface area (Å²) in [5.74, 6) is 0.830. The van der Waals surface area contributed by atoms with E-state index in [4.69, 9.17) is 0 Å². The van der Waals surface area contributed by atoms with Crippen molar-refractivity contribution in [1.29, 1.82) is 0 Å². The lowest BCUT2D eigenvalue weighted by molar-refractivity contribution is 0.272. The van der Waals surface area contributed by atoms with Crippen LogP contribution in [0.5, 0.6) is 0 Å². The van der Waals surface area contributed by atoms with Crippen molar-refractivity contribution in [1.82, 2.24) is 15.0 Å². The summed E-state index contributed by atoms with van der Waals surface area (Å²) in [4.78, 5) is 7.73. The van der Waals surface area contributed by atoms with Gasteiger partial charge in [0, 0.05) is 25.4 Å². The van der Waals surface area contributed by atoms with Gasteiger partial charge in [0.05, 0.1) is 0 Å². The molecule has 0 bridgehead atoms. The van der Waals surface area contributed by atoms with E-state index in [-0.39, 0.29) is 0 Å². The van der Waals surface area contributed by atoms with Crippen molar-refractivity contribution in [3.05, 3.63) is 18.6 Å². The van der Waals surface area contributed by atoms with E-state index < -0.39 is 0 Å². The van der Waals surface area contributed by atoms with Crippen molar-refractivity contribution < 1.29 is 0 Å². The molecule has 1 aliphatic heterocycles. The molecule has 0 aliphatic carbocycles. The minimum absolute atomic E-state index is 0.830. The Bertz CT molecular complexity index is 243. The van der Waals surface area contributed by atoms with Crippen LogP contribution in [0.25, 0.3) is 0 Å². The van der Waals surface area contributed by atoms with Crippen LogP contribution in [-0.2, 0) is 0 Å². The molecule has 13 heavy (non-hydrogen) atoms. The third-order valence-electron chi connectivity index (χ3n) is 2.16. The molecule has 69 valence electrons. The molecule has 1 aliphatic rings. The Balaban J connectivity index is 1.90. The fraction of sp³-hybridized carbons (Fsp3) is 0.556. The van der Waals surface area contributed by atoms with Crippen LogP contribution >= 0.6 is 0 Å². The summed E-state index contributed by atoms with van der Waals surface area (Å²) in [6.45, 7) is 2.20. The van der Waals surface area contributed by atoms with Crippen LogP contribution < -0.4 is 5.43 Å². The first-order valence-electron chi connectivity index (χ1n) is 4.66. The Labute approximate surface area is 78.0 Å². The predicted molar refractivity (Wildman–Crippen MR) is 49.9 cm³/mol. The molecular formula is C9H13N4. The van der Waals surface area contributed by atoms with Gasteiger partial charge in [-0.05, 0) is 12.8 Å². The minimum Gasteiger partial charge on any atom is -0.303 e. The number of nitrogens with zero attached hydrogens (tertiary/aromatic N) is 3. The molecule has 1 saturated heterocycles. The molecule has 4 nitrogen and oxygen atoms in total. The average molecular weight is 177 g/mol. The lowest BCUT2D eigenvalue weighted by Gasteiger charge is -2.26. The number of rotatable bonds is 2. The first-order chi connectivity index (χ1) is 6.45. The predicted octanol–water partition coefficient (Wildman–Crippen LogP) is 1.09. The minimum atomic E-state index is 0.830. The molecule has 1 N–H and O–H groups in total. The first kappa shape index (κ1) is 8.44. The van der Waals surface area contributed by atoms with E-state index in [0.29, 0.717) is 0 Å². The van der Waals surface area contributed by atoms with Crippen LogP contribution in [0.3, 0.4) is 0 Å². The fourth-order valence-corrected chi connectivity index (χ4v) is 1.49. The van der Waals surface area contributed by atoms with E-state index in [1.807, 2.05) is 6.07 Å².